The van der Waals surface area contributed by atoms with Crippen molar-refractivity contribution in [1.29, 1.82) is 0 Å². The topological polar surface area (TPSA) is 41.6 Å². The third kappa shape index (κ3) is 6.58. The van der Waals surface area contributed by atoms with Crippen LogP contribution in [0.1, 0.15) is 18.9 Å². The summed E-state index contributed by atoms with van der Waals surface area (Å²) >= 11 is 5.95. The quantitative estimate of drug-likeness (QED) is 0.742. The van der Waals surface area contributed by atoms with Gasteiger partial charge in [-0.25, -0.2) is 0 Å². The largest absolute Gasteiger partial charge is 0.492 e. The third-order valence-corrected chi connectivity index (χ3v) is 4.61. The fourth-order valence-electron chi connectivity index (χ4n) is 2.97. The summed E-state index contributed by atoms with van der Waals surface area (Å²) in [6.07, 6.45) is 3.32. The molecule has 0 saturated heterocycles. The van der Waals surface area contributed by atoms with E-state index < -0.39 is 0 Å². The zero-order chi connectivity index (χ0) is 18.4. The summed E-state index contributed by atoms with van der Waals surface area (Å²) in [5.41, 5.74) is 3.41. The van der Waals surface area contributed by atoms with E-state index in [-0.39, 0.29) is 18.3 Å². The summed E-state index contributed by atoms with van der Waals surface area (Å²) in [7, 11) is 0. The molecule has 0 saturated carbocycles. The van der Waals surface area contributed by atoms with Gasteiger partial charge in [-0.15, -0.1) is 12.4 Å². The number of amides is 1. The van der Waals surface area contributed by atoms with Gasteiger partial charge in [-0.3, -0.25) is 9.69 Å². The lowest BCUT2D eigenvalue weighted by atomic mass is 10.00. The van der Waals surface area contributed by atoms with Crippen LogP contribution in [0.4, 0.5) is 5.69 Å². The van der Waals surface area contributed by atoms with Crippen LogP contribution >= 0.6 is 24.0 Å². The molecule has 27 heavy (non-hydrogen) atoms. The number of carbonyl (C=O) groups is 1. The van der Waals surface area contributed by atoms with Crippen LogP contribution in [-0.4, -0.2) is 37.0 Å². The molecule has 1 heterocycles. The van der Waals surface area contributed by atoms with Crippen LogP contribution < -0.4 is 10.1 Å². The Labute approximate surface area is 171 Å². The number of nitrogens with zero attached hydrogens (tertiary/aromatic N) is 1. The Bertz CT molecular complexity index is 774. The maximum atomic E-state index is 11.0. The van der Waals surface area contributed by atoms with Crippen molar-refractivity contribution in [3.63, 3.8) is 0 Å². The molecule has 0 radical (unpaired) electrons. The minimum Gasteiger partial charge on any atom is -0.492 e. The normalized spacial score (nSPS) is 14.1. The Morgan fingerprint density at radius 2 is 1.85 bits per heavy atom. The van der Waals surface area contributed by atoms with E-state index in [0.29, 0.717) is 6.61 Å². The zero-order valence-corrected chi connectivity index (χ0v) is 16.9. The molecule has 0 fully saturated rings. The highest BCUT2D eigenvalue weighted by atomic mass is 35.5. The van der Waals surface area contributed by atoms with E-state index in [4.69, 9.17) is 16.3 Å². The minimum atomic E-state index is -0.0743. The number of hydrogen-bond acceptors (Lipinski definition) is 3. The first-order valence-electron chi connectivity index (χ1n) is 8.78. The van der Waals surface area contributed by atoms with Crippen LogP contribution in [0, 0.1) is 0 Å². The molecule has 1 aliphatic heterocycles. The van der Waals surface area contributed by atoms with E-state index >= 15 is 0 Å². The number of rotatable bonds is 6. The molecule has 0 spiro atoms. The number of benzene rings is 2. The van der Waals surface area contributed by atoms with Crippen LogP contribution in [0.15, 0.2) is 54.6 Å². The van der Waals surface area contributed by atoms with Gasteiger partial charge in [0.1, 0.15) is 12.4 Å². The Balaban J connectivity index is 0.00000261. The number of hydrogen-bond donors (Lipinski definition) is 1. The highest BCUT2D eigenvalue weighted by Crippen LogP contribution is 2.23. The Morgan fingerprint density at radius 3 is 2.44 bits per heavy atom. The highest BCUT2D eigenvalue weighted by molar-refractivity contribution is 6.30. The molecule has 3 rings (SSSR count). The molecule has 2 aromatic rings. The van der Waals surface area contributed by atoms with Crippen molar-refractivity contribution in [1.82, 2.24) is 4.90 Å². The first-order valence-corrected chi connectivity index (χ1v) is 9.16. The Morgan fingerprint density at radius 1 is 1.15 bits per heavy atom. The lowest BCUT2D eigenvalue weighted by Gasteiger charge is -2.26. The molecule has 1 N–H and O–H groups in total. The van der Waals surface area contributed by atoms with Gasteiger partial charge in [-0.2, -0.15) is 0 Å². The molecule has 4 nitrogen and oxygen atoms in total. The van der Waals surface area contributed by atoms with Gasteiger partial charge in [0, 0.05) is 37.3 Å². The lowest BCUT2D eigenvalue weighted by molar-refractivity contribution is -0.114. The number of anilines is 1. The number of ether oxygens (including phenoxy) is 1. The summed E-state index contributed by atoms with van der Waals surface area (Å²) < 4.78 is 5.80. The van der Waals surface area contributed by atoms with Crippen molar-refractivity contribution < 1.29 is 9.53 Å². The fourth-order valence-corrected chi connectivity index (χ4v) is 3.10. The van der Waals surface area contributed by atoms with Crippen LogP contribution in [0.2, 0.25) is 5.02 Å². The number of carbonyl (C=O) groups excluding carboxylic acids is 1. The molecule has 0 unspecified atom stereocenters. The van der Waals surface area contributed by atoms with Crippen molar-refractivity contribution in [2.45, 2.75) is 13.3 Å². The molecule has 6 heteroatoms. The predicted octanol–water partition coefficient (Wildman–Crippen LogP) is 4.89. The second kappa shape index (κ2) is 10.4. The van der Waals surface area contributed by atoms with Gasteiger partial charge in [0.25, 0.3) is 0 Å². The fraction of sp³-hybridized carbons (Fsp3) is 0.286. The highest BCUT2D eigenvalue weighted by Gasteiger charge is 2.12. The van der Waals surface area contributed by atoms with Crippen molar-refractivity contribution in [3.05, 3.63) is 65.2 Å². The van der Waals surface area contributed by atoms with E-state index in [1.165, 1.54) is 18.1 Å². The van der Waals surface area contributed by atoms with Crippen LogP contribution in [0.25, 0.3) is 5.57 Å². The van der Waals surface area contributed by atoms with Crippen LogP contribution in [0.3, 0.4) is 0 Å². The Hall–Kier alpha value is -2.01. The van der Waals surface area contributed by atoms with E-state index in [1.54, 1.807) is 0 Å². The smallest absolute Gasteiger partial charge is 0.221 e. The van der Waals surface area contributed by atoms with Gasteiger partial charge < -0.3 is 10.1 Å². The number of halogens is 2. The molecular weight excluding hydrogens is 383 g/mol. The van der Waals surface area contributed by atoms with Crippen LogP contribution in [-0.2, 0) is 4.79 Å². The Kier molecular flexibility index (Phi) is 8.17. The predicted molar refractivity (Wildman–Crippen MR) is 114 cm³/mol. The van der Waals surface area contributed by atoms with Crippen LogP contribution in [0.5, 0.6) is 5.75 Å². The van der Waals surface area contributed by atoms with Gasteiger partial charge in [-0.1, -0.05) is 29.8 Å². The molecule has 2 aromatic carbocycles. The zero-order valence-electron chi connectivity index (χ0n) is 15.3. The first-order chi connectivity index (χ1) is 12.6. The monoisotopic (exact) mass is 406 g/mol. The molecule has 0 aromatic heterocycles. The lowest BCUT2D eigenvalue weighted by Crippen LogP contribution is -2.32. The average Bonchev–Trinajstić information content (AvgIpc) is 2.64. The third-order valence-electron chi connectivity index (χ3n) is 4.36. The second-order valence-corrected chi connectivity index (χ2v) is 6.78. The van der Waals surface area contributed by atoms with Gasteiger partial charge in [0.2, 0.25) is 5.91 Å². The van der Waals surface area contributed by atoms with E-state index in [1.807, 2.05) is 36.4 Å². The SMILES string of the molecule is CC(=O)Nc1ccc(OCCN2CC=C(c3ccc(Cl)cc3)CC2)cc1.Cl. The molecule has 1 amide bonds. The maximum absolute atomic E-state index is 11.0. The van der Waals surface area contributed by atoms with E-state index in [2.05, 4.69) is 28.4 Å². The molecular formula is C21H24Cl2N2O2. The standard InChI is InChI=1S/C21H23ClN2O2.ClH/c1-16(25)23-20-6-8-21(9-7-20)26-15-14-24-12-10-18(11-13-24)17-2-4-19(22)5-3-17;/h2-10H,11-15H2,1H3,(H,23,25);1H. The molecule has 0 atom stereocenters. The molecule has 1 aliphatic rings. The molecule has 144 valence electrons. The van der Waals surface area contributed by atoms with Crippen molar-refractivity contribution in [2.75, 3.05) is 31.6 Å². The number of nitrogens with one attached hydrogen (secondary N) is 1. The molecule has 0 aliphatic carbocycles. The molecule has 0 bridgehead atoms. The van der Waals surface area contributed by atoms with Gasteiger partial charge in [-0.05, 0) is 54.0 Å². The summed E-state index contributed by atoms with van der Waals surface area (Å²) in [5.74, 6) is 0.739. The van der Waals surface area contributed by atoms with Gasteiger partial charge in [0.05, 0.1) is 0 Å². The van der Waals surface area contributed by atoms with Crippen molar-refractivity contribution >= 4 is 41.2 Å². The van der Waals surface area contributed by atoms with Gasteiger partial charge >= 0.3 is 0 Å². The van der Waals surface area contributed by atoms with Crippen molar-refractivity contribution in [3.8, 4) is 5.75 Å². The van der Waals surface area contributed by atoms with E-state index in [9.17, 15) is 4.79 Å². The summed E-state index contributed by atoms with van der Waals surface area (Å²) in [6, 6.07) is 15.5. The minimum absolute atomic E-state index is 0. The van der Waals surface area contributed by atoms with Crippen molar-refractivity contribution in [2.24, 2.45) is 0 Å². The summed E-state index contributed by atoms with van der Waals surface area (Å²) in [6.45, 7) is 4.99. The maximum Gasteiger partial charge on any atom is 0.221 e. The average molecular weight is 407 g/mol. The summed E-state index contributed by atoms with van der Waals surface area (Å²) in [4.78, 5) is 13.4. The second-order valence-electron chi connectivity index (χ2n) is 6.34. The first kappa shape index (κ1) is 21.3. The van der Waals surface area contributed by atoms with Gasteiger partial charge in [0.15, 0.2) is 0 Å². The van der Waals surface area contributed by atoms with E-state index in [0.717, 1.165) is 42.5 Å². The summed E-state index contributed by atoms with van der Waals surface area (Å²) in [5, 5.41) is 3.52.